The monoisotopic (exact) mass is 374 g/mol. The number of amides is 2. The van der Waals surface area contributed by atoms with Crippen molar-refractivity contribution >= 4 is 57.5 Å². The van der Waals surface area contributed by atoms with Gasteiger partial charge in [-0.1, -0.05) is 60.4 Å². The smallest absolute Gasteiger partial charge is 0.266 e. The first-order chi connectivity index (χ1) is 11.6. The Balaban J connectivity index is 1.59. The molecule has 1 saturated heterocycles. The number of thioether (sulfide) groups is 1. The molecule has 2 aromatic rings. The van der Waals surface area contributed by atoms with Gasteiger partial charge in [-0.2, -0.15) is 0 Å². The van der Waals surface area contributed by atoms with Crippen molar-refractivity contribution in [3.63, 3.8) is 0 Å². The molecule has 0 bridgehead atoms. The molecule has 1 aliphatic heterocycles. The lowest BCUT2D eigenvalue weighted by Gasteiger charge is -2.14. The molecule has 0 unspecified atom stereocenters. The summed E-state index contributed by atoms with van der Waals surface area (Å²) in [4.78, 5) is 27.4. The highest BCUT2D eigenvalue weighted by molar-refractivity contribution is 8.26. The Bertz CT molecular complexity index is 785. The fraction of sp³-hybridized carbons (Fsp3) is 0.118. The number of rotatable bonds is 5. The number of hydrogen-bond donors (Lipinski definition) is 1. The minimum absolute atomic E-state index is 0.0563. The summed E-state index contributed by atoms with van der Waals surface area (Å²) in [6.07, 6.45) is 1.81. The average Bonchev–Trinajstić information content (AvgIpc) is 3.18. The molecular formula is C17H14N2O2S3. The number of benzene rings is 1. The Morgan fingerprint density at radius 1 is 1.21 bits per heavy atom. The SMILES string of the molecule is O=C(CN1C(=O)/C(=C/c2cccs2)SC1=S)NCc1ccccc1. The van der Waals surface area contributed by atoms with E-state index < -0.39 is 0 Å². The molecule has 2 heterocycles. The van der Waals surface area contributed by atoms with E-state index >= 15 is 0 Å². The molecule has 0 saturated carbocycles. The summed E-state index contributed by atoms with van der Waals surface area (Å²) in [6.45, 7) is 0.374. The molecule has 1 aliphatic rings. The quantitative estimate of drug-likeness (QED) is 0.645. The molecule has 0 spiro atoms. The summed E-state index contributed by atoms with van der Waals surface area (Å²) in [7, 11) is 0. The summed E-state index contributed by atoms with van der Waals surface area (Å²) in [5.41, 5.74) is 1.01. The van der Waals surface area contributed by atoms with Crippen LogP contribution in [0.1, 0.15) is 10.4 Å². The number of nitrogens with one attached hydrogen (secondary N) is 1. The summed E-state index contributed by atoms with van der Waals surface area (Å²) >= 11 is 8.02. The van der Waals surface area contributed by atoms with Gasteiger partial charge in [0, 0.05) is 11.4 Å². The van der Waals surface area contributed by atoms with E-state index in [0.29, 0.717) is 15.8 Å². The zero-order valence-electron chi connectivity index (χ0n) is 12.6. The van der Waals surface area contributed by atoms with Gasteiger partial charge in [-0.05, 0) is 23.1 Å². The van der Waals surface area contributed by atoms with Crippen LogP contribution < -0.4 is 5.32 Å². The minimum Gasteiger partial charge on any atom is -0.350 e. The second-order valence-electron chi connectivity index (χ2n) is 5.05. The molecule has 2 amide bonds. The van der Waals surface area contributed by atoms with E-state index in [-0.39, 0.29) is 18.4 Å². The Morgan fingerprint density at radius 3 is 2.71 bits per heavy atom. The molecule has 4 nitrogen and oxygen atoms in total. The molecule has 0 radical (unpaired) electrons. The van der Waals surface area contributed by atoms with E-state index in [1.54, 1.807) is 11.3 Å². The van der Waals surface area contributed by atoms with Crippen LogP contribution in [0.25, 0.3) is 6.08 Å². The number of thiocarbonyl (C=S) groups is 1. The van der Waals surface area contributed by atoms with E-state index in [1.807, 2.05) is 53.9 Å². The first-order valence-corrected chi connectivity index (χ1v) is 9.33. The molecular weight excluding hydrogens is 360 g/mol. The zero-order chi connectivity index (χ0) is 16.9. The van der Waals surface area contributed by atoms with E-state index in [4.69, 9.17) is 12.2 Å². The third-order valence-corrected chi connectivity index (χ3v) is 5.52. The first-order valence-electron chi connectivity index (χ1n) is 7.23. The van der Waals surface area contributed by atoms with E-state index in [1.165, 1.54) is 16.7 Å². The number of nitrogens with zero attached hydrogens (tertiary/aromatic N) is 1. The lowest BCUT2D eigenvalue weighted by atomic mass is 10.2. The minimum atomic E-state index is -0.229. The van der Waals surface area contributed by atoms with Crippen LogP contribution in [0.3, 0.4) is 0 Å². The lowest BCUT2D eigenvalue weighted by molar-refractivity contribution is -0.128. The van der Waals surface area contributed by atoms with Gasteiger partial charge in [0.2, 0.25) is 5.91 Å². The van der Waals surface area contributed by atoms with Gasteiger partial charge in [0.15, 0.2) is 0 Å². The number of hydrogen-bond acceptors (Lipinski definition) is 5. The molecule has 1 N–H and O–H groups in total. The van der Waals surface area contributed by atoms with Crippen LogP contribution >= 0.6 is 35.3 Å². The molecule has 24 heavy (non-hydrogen) atoms. The highest BCUT2D eigenvalue weighted by Gasteiger charge is 2.33. The van der Waals surface area contributed by atoms with Gasteiger partial charge < -0.3 is 5.32 Å². The Morgan fingerprint density at radius 2 is 2.00 bits per heavy atom. The van der Waals surface area contributed by atoms with Crippen molar-refractivity contribution in [1.29, 1.82) is 0 Å². The van der Waals surface area contributed by atoms with Gasteiger partial charge in [0.05, 0.1) is 4.91 Å². The summed E-state index contributed by atoms with van der Waals surface area (Å²) in [5, 5.41) is 4.76. The number of thiophene rings is 1. The van der Waals surface area contributed by atoms with Crippen LogP contribution in [0.4, 0.5) is 0 Å². The lowest BCUT2D eigenvalue weighted by Crippen LogP contribution is -2.39. The van der Waals surface area contributed by atoms with Gasteiger partial charge in [-0.3, -0.25) is 14.5 Å². The van der Waals surface area contributed by atoms with Crippen LogP contribution in [-0.4, -0.2) is 27.6 Å². The summed E-state index contributed by atoms with van der Waals surface area (Å²) < 4.78 is 0.415. The second-order valence-corrected chi connectivity index (χ2v) is 7.70. The third-order valence-electron chi connectivity index (χ3n) is 3.32. The topological polar surface area (TPSA) is 49.4 Å². The summed E-state index contributed by atoms with van der Waals surface area (Å²) in [6, 6.07) is 13.5. The fourth-order valence-electron chi connectivity index (χ4n) is 2.13. The zero-order valence-corrected chi connectivity index (χ0v) is 15.0. The maximum Gasteiger partial charge on any atom is 0.266 e. The highest BCUT2D eigenvalue weighted by Crippen LogP contribution is 2.32. The fourth-order valence-corrected chi connectivity index (χ4v) is 4.11. The van der Waals surface area contributed by atoms with Gasteiger partial charge in [-0.15, -0.1) is 11.3 Å². The predicted octanol–water partition coefficient (Wildman–Crippen LogP) is 3.27. The molecule has 0 atom stereocenters. The normalized spacial score (nSPS) is 16.0. The van der Waals surface area contributed by atoms with E-state index in [2.05, 4.69) is 5.32 Å². The molecule has 0 aliphatic carbocycles. The molecule has 1 aromatic heterocycles. The third kappa shape index (κ3) is 4.11. The Hall–Kier alpha value is -1.96. The highest BCUT2D eigenvalue weighted by atomic mass is 32.2. The van der Waals surface area contributed by atoms with Crippen LogP contribution in [0.15, 0.2) is 52.7 Å². The largest absolute Gasteiger partial charge is 0.350 e. The van der Waals surface area contributed by atoms with Crippen molar-refractivity contribution < 1.29 is 9.59 Å². The van der Waals surface area contributed by atoms with Crippen molar-refractivity contribution in [3.05, 3.63) is 63.2 Å². The van der Waals surface area contributed by atoms with Gasteiger partial charge in [-0.25, -0.2) is 0 Å². The van der Waals surface area contributed by atoms with Gasteiger partial charge >= 0.3 is 0 Å². The second kappa shape index (κ2) is 7.74. The van der Waals surface area contributed by atoms with Gasteiger partial charge in [0.25, 0.3) is 5.91 Å². The van der Waals surface area contributed by atoms with Gasteiger partial charge in [0.1, 0.15) is 10.9 Å². The van der Waals surface area contributed by atoms with Crippen LogP contribution in [0.2, 0.25) is 0 Å². The standard InChI is InChI=1S/C17H14N2O2S3/c20-15(18-10-12-5-2-1-3-6-12)11-19-16(21)14(24-17(19)22)9-13-7-4-8-23-13/h1-9H,10-11H2,(H,18,20)/b14-9-. The van der Waals surface area contributed by atoms with Crippen molar-refractivity contribution in [2.75, 3.05) is 6.54 Å². The van der Waals surface area contributed by atoms with Crippen LogP contribution in [0.5, 0.6) is 0 Å². The Labute approximate surface area is 153 Å². The molecule has 7 heteroatoms. The van der Waals surface area contributed by atoms with Crippen molar-refractivity contribution in [2.24, 2.45) is 0 Å². The number of carbonyl (C=O) groups is 2. The Kier molecular flexibility index (Phi) is 5.44. The van der Waals surface area contributed by atoms with E-state index in [0.717, 1.165) is 10.4 Å². The molecule has 1 fully saturated rings. The van der Waals surface area contributed by atoms with Crippen LogP contribution in [-0.2, 0) is 16.1 Å². The number of carbonyl (C=O) groups excluding carboxylic acids is 2. The van der Waals surface area contributed by atoms with Crippen LogP contribution in [0, 0.1) is 0 Å². The molecule has 122 valence electrons. The maximum atomic E-state index is 12.4. The molecule has 3 rings (SSSR count). The summed E-state index contributed by atoms with van der Waals surface area (Å²) in [5.74, 6) is -0.444. The van der Waals surface area contributed by atoms with Crippen molar-refractivity contribution in [2.45, 2.75) is 6.54 Å². The first kappa shape index (κ1) is 16.9. The average molecular weight is 375 g/mol. The predicted molar refractivity (Wildman–Crippen MR) is 102 cm³/mol. The van der Waals surface area contributed by atoms with E-state index in [9.17, 15) is 9.59 Å². The van der Waals surface area contributed by atoms with Crippen molar-refractivity contribution in [3.8, 4) is 0 Å². The van der Waals surface area contributed by atoms with Crippen molar-refractivity contribution in [1.82, 2.24) is 10.2 Å². The molecule has 1 aromatic carbocycles. The maximum absolute atomic E-state index is 12.4.